The van der Waals surface area contributed by atoms with Gasteiger partial charge >= 0.3 is 5.97 Å². The van der Waals surface area contributed by atoms with Gasteiger partial charge < -0.3 is 9.26 Å². The highest BCUT2D eigenvalue weighted by Gasteiger charge is 2.08. The van der Waals surface area contributed by atoms with Crippen molar-refractivity contribution in [2.75, 3.05) is 0 Å². The molecule has 0 aliphatic carbocycles. The summed E-state index contributed by atoms with van der Waals surface area (Å²) in [5.74, 6) is 0.0196. The average molecular weight is 165 g/mol. The molecule has 2 radical (unpaired) electrons. The molecule has 4 nitrogen and oxygen atoms in total. The van der Waals surface area contributed by atoms with Gasteiger partial charge in [0.15, 0.2) is 12.4 Å². The molecule has 0 saturated carbocycles. The van der Waals surface area contributed by atoms with Crippen LogP contribution in [-0.2, 0) is 16.1 Å². The summed E-state index contributed by atoms with van der Waals surface area (Å²) in [6, 6.07) is 0. The molecule has 1 rings (SSSR count). The van der Waals surface area contributed by atoms with E-state index in [4.69, 9.17) is 12.4 Å². The van der Waals surface area contributed by atoms with E-state index in [9.17, 15) is 4.79 Å². The first-order chi connectivity index (χ1) is 5.61. The van der Waals surface area contributed by atoms with Crippen LogP contribution in [0.1, 0.15) is 18.4 Å². The number of hydrogen-bond donors (Lipinski definition) is 0. The molecular weight excluding hydrogens is 157 g/mol. The zero-order valence-electron chi connectivity index (χ0n) is 6.96. The number of hydrogen-bond acceptors (Lipinski definition) is 4. The van der Waals surface area contributed by atoms with Crippen LogP contribution in [-0.4, -0.2) is 19.0 Å². The first-order valence-corrected chi connectivity index (χ1v) is 3.45. The molecule has 1 heterocycles. The number of ether oxygens (including phenoxy) is 1. The Hall–Kier alpha value is -1.26. The smallest absolute Gasteiger partial charge is 0.303 e. The highest BCUT2D eigenvalue weighted by molar-refractivity contribution is 6.33. The van der Waals surface area contributed by atoms with Gasteiger partial charge in [-0.25, -0.2) is 0 Å². The van der Waals surface area contributed by atoms with E-state index in [1.54, 1.807) is 6.92 Å². The summed E-state index contributed by atoms with van der Waals surface area (Å²) in [6.07, 6.45) is 0. The summed E-state index contributed by atoms with van der Waals surface area (Å²) < 4.78 is 9.46. The molecular formula is C7H8BNO3. The minimum absolute atomic E-state index is 0.0437. The molecule has 0 aromatic carbocycles. The number of carbonyl (C=O) groups is 1. The lowest BCUT2D eigenvalue weighted by molar-refractivity contribution is -0.142. The minimum Gasteiger partial charge on any atom is -0.458 e. The predicted octanol–water partition coefficient (Wildman–Crippen LogP) is -0.160. The lowest BCUT2D eigenvalue weighted by Crippen LogP contribution is -2.11. The van der Waals surface area contributed by atoms with Gasteiger partial charge in [0.05, 0.1) is 5.69 Å². The molecule has 0 N–H and O–H groups in total. The normalized spacial score (nSPS) is 9.83. The molecule has 12 heavy (non-hydrogen) atoms. The van der Waals surface area contributed by atoms with Crippen LogP contribution in [0.15, 0.2) is 4.52 Å². The maximum absolute atomic E-state index is 10.4. The molecule has 0 atom stereocenters. The van der Waals surface area contributed by atoms with Crippen molar-refractivity contribution in [3.63, 3.8) is 0 Å². The Balaban J connectivity index is 2.63. The Morgan fingerprint density at radius 3 is 2.83 bits per heavy atom. The largest absolute Gasteiger partial charge is 0.458 e. The van der Waals surface area contributed by atoms with Gasteiger partial charge in [-0.05, 0) is 12.4 Å². The summed E-state index contributed by atoms with van der Waals surface area (Å²) in [5, 5.41) is 3.60. The number of aryl methyl sites for hydroxylation is 1. The van der Waals surface area contributed by atoms with Gasteiger partial charge in [-0.15, -0.1) is 0 Å². The Labute approximate surface area is 71.3 Å². The van der Waals surface area contributed by atoms with Crippen LogP contribution in [0.4, 0.5) is 0 Å². The molecule has 0 amide bonds. The van der Waals surface area contributed by atoms with Gasteiger partial charge in [-0.1, -0.05) is 5.16 Å². The highest BCUT2D eigenvalue weighted by Crippen LogP contribution is 1.99. The second-order valence-electron chi connectivity index (χ2n) is 2.39. The topological polar surface area (TPSA) is 52.3 Å². The van der Waals surface area contributed by atoms with Gasteiger partial charge in [0, 0.05) is 6.92 Å². The molecule has 1 aromatic heterocycles. The molecule has 0 aliphatic heterocycles. The Morgan fingerprint density at radius 1 is 1.75 bits per heavy atom. The molecule has 5 heteroatoms. The number of aromatic nitrogens is 1. The molecule has 62 valence electrons. The van der Waals surface area contributed by atoms with Crippen LogP contribution in [0.2, 0.25) is 0 Å². The summed E-state index contributed by atoms with van der Waals surface area (Å²) in [7, 11) is 5.54. The quantitative estimate of drug-likeness (QED) is 0.451. The van der Waals surface area contributed by atoms with Crippen LogP contribution in [0.5, 0.6) is 0 Å². The third-order valence-electron chi connectivity index (χ3n) is 1.39. The molecule has 0 bridgehead atoms. The van der Waals surface area contributed by atoms with Crippen molar-refractivity contribution >= 4 is 19.3 Å². The molecule has 0 fully saturated rings. The standard InChI is InChI=1S/C7H8BNO3/c1-4-7(8)6(12-9-4)3-11-5(2)10/h3H2,1-2H3. The average Bonchev–Trinajstić information content (AvgIpc) is 2.30. The second-order valence-corrected chi connectivity index (χ2v) is 2.39. The first-order valence-electron chi connectivity index (χ1n) is 3.45. The van der Waals surface area contributed by atoms with Crippen molar-refractivity contribution in [2.45, 2.75) is 20.5 Å². The molecule has 0 spiro atoms. The van der Waals surface area contributed by atoms with Crippen LogP contribution < -0.4 is 5.46 Å². The van der Waals surface area contributed by atoms with E-state index >= 15 is 0 Å². The van der Waals surface area contributed by atoms with E-state index in [0.717, 1.165) is 0 Å². The Morgan fingerprint density at radius 2 is 2.42 bits per heavy atom. The van der Waals surface area contributed by atoms with Gasteiger partial charge in [0.2, 0.25) is 0 Å². The molecule has 1 aromatic rings. The molecule has 0 unspecified atom stereocenters. The third kappa shape index (κ3) is 1.87. The fourth-order valence-corrected chi connectivity index (χ4v) is 0.695. The Kier molecular flexibility index (Phi) is 2.52. The number of esters is 1. The lowest BCUT2D eigenvalue weighted by Gasteiger charge is -1.97. The number of rotatable bonds is 2. The zero-order valence-corrected chi connectivity index (χ0v) is 6.96. The summed E-state index contributed by atoms with van der Waals surface area (Å²) in [5.41, 5.74) is 1.05. The van der Waals surface area contributed by atoms with E-state index in [2.05, 4.69) is 9.89 Å². The van der Waals surface area contributed by atoms with Gasteiger partial charge in [0.25, 0.3) is 0 Å². The van der Waals surface area contributed by atoms with Crippen molar-refractivity contribution in [2.24, 2.45) is 0 Å². The summed E-state index contributed by atoms with van der Waals surface area (Å²) in [4.78, 5) is 10.4. The third-order valence-corrected chi connectivity index (χ3v) is 1.39. The van der Waals surface area contributed by atoms with Gasteiger partial charge in [0.1, 0.15) is 7.85 Å². The van der Waals surface area contributed by atoms with E-state index < -0.39 is 0 Å². The fourth-order valence-electron chi connectivity index (χ4n) is 0.695. The van der Waals surface area contributed by atoms with E-state index in [0.29, 0.717) is 16.9 Å². The second kappa shape index (κ2) is 3.43. The van der Waals surface area contributed by atoms with E-state index in [-0.39, 0.29) is 12.6 Å². The van der Waals surface area contributed by atoms with Crippen LogP contribution in [0.25, 0.3) is 0 Å². The van der Waals surface area contributed by atoms with Crippen molar-refractivity contribution in [3.05, 3.63) is 11.5 Å². The maximum Gasteiger partial charge on any atom is 0.303 e. The van der Waals surface area contributed by atoms with Gasteiger partial charge in [-0.2, -0.15) is 0 Å². The monoisotopic (exact) mass is 165 g/mol. The SMILES string of the molecule is [B]c1c(C)noc1COC(C)=O. The Bertz CT molecular complexity index is 295. The summed E-state index contributed by atoms with van der Waals surface area (Å²) in [6.45, 7) is 3.08. The molecule has 0 aliphatic rings. The number of carbonyl (C=O) groups excluding carboxylic acids is 1. The van der Waals surface area contributed by atoms with E-state index in [1.807, 2.05) is 0 Å². The van der Waals surface area contributed by atoms with Crippen molar-refractivity contribution in [3.8, 4) is 0 Å². The van der Waals surface area contributed by atoms with E-state index in [1.165, 1.54) is 6.92 Å². The summed E-state index contributed by atoms with van der Waals surface area (Å²) >= 11 is 0. The fraction of sp³-hybridized carbons (Fsp3) is 0.429. The molecule has 0 saturated heterocycles. The highest BCUT2D eigenvalue weighted by atomic mass is 16.5. The van der Waals surface area contributed by atoms with Crippen molar-refractivity contribution in [1.29, 1.82) is 0 Å². The van der Waals surface area contributed by atoms with Crippen molar-refractivity contribution < 1.29 is 14.1 Å². The lowest BCUT2D eigenvalue weighted by atomic mass is 9.94. The van der Waals surface area contributed by atoms with Crippen LogP contribution in [0, 0.1) is 6.92 Å². The predicted molar refractivity (Wildman–Crippen MR) is 42.1 cm³/mol. The van der Waals surface area contributed by atoms with Crippen molar-refractivity contribution in [1.82, 2.24) is 5.16 Å². The minimum atomic E-state index is -0.372. The van der Waals surface area contributed by atoms with Crippen LogP contribution in [0.3, 0.4) is 0 Å². The van der Waals surface area contributed by atoms with Crippen LogP contribution >= 0.6 is 0 Å². The van der Waals surface area contributed by atoms with Gasteiger partial charge in [-0.3, -0.25) is 4.79 Å². The number of nitrogens with zero attached hydrogens (tertiary/aromatic N) is 1. The first kappa shape index (κ1) is 8.84. The maximum atomic E-state index is 10.4. The zero-order chi connectivity index (χ0) is 9.14.